The van der Waals surface area contributed by atoms with Gasteiger partial charge in [0.1, 0.15) is 5.75 Å². The van der Waals surface area contributed by atoms with E-state index < -0.39 is 0 Å². The maximum Gasteiger partial charge on any atom is 0.183 e. The van der Waals surface area contributed by atoms with E-state index in [0.717, 1.165) is 22.7 Å². The third-order valence-electron chi connectivity index (χ3n) is 4.64. The van der Waals surface area contributed by atoms with Crippen molar-refractivity contribution in [1.82, 2.24) is 0 Å². The SMILES string of the molecule is CCOc1ccc(N(C)c2ccc(C3OCC(C)(CO)CO3)cc2)cc1. The van der Waals surface area contributed by atoms with Gasteiger partial charge >= 0.3 is 0 Å². The topological polar surface area (TPSA) is 51.2 Å². The second kappa shape index (κ2) is 8.08. The Morgan fingerprint density at radius 3 is 2.08 bits per heavy atom. The average molecular weight is 357 g/mol. The summed E-state index contributed by atoms with van der Waals surface area (Å²) in [4.78, 5) is 2.12. The molecule has 1 aliphatic heterocycles. The normalized spacial score (nSPS) is 22.8. The summed E-state index contributed by atoms with van der Waals surface area (Å²) >= 11 is 0. The van der Waals surface area contributed by atoms with Gasteiger partial charge in [0.25, 0.3) is 0 Å². The van der Waals surface area contributed by atoms with Crippen molar-refractivity contribution >= 4 is 11.4 Å². The van der Waals surface area contributed by atoms with Crippen LogP contribution in [0.4, 0.5) is 11.4 Å². The van der Waals surface area contributed by atoms with Crippen molar-refractivity contribution in [3.63, 3.8) is 0 Å². The highest BCUT2D eigenvalue weighted by atomic mass is 16.7. The average Bonchev–Trinajstić information content (AvgIpc) is 2.69. The fourth-order valence-corrected chi connectivity index (χ4v) is 2.86. The molecule has 2 aromatic rings. The van der Waals surface area contributed by atoms with Crippen LogP contribution in [0.15, 0.2) is 48.5 Å². The summed E-state index contributed by atoms with van der Waals surface area (Å²) in [7, 11) is 2.03. The van der Waals surface area contributed by atoms with E-state index in [1.54, 1.807) is 0 Å². The Labute approximate surface area is 155 Å². The minimum atomic E-state index is -0.376. The van der Waals surface area contributed by atoms with Gasteiger partial charge in [0.05, 0.1) is 26.4 Å². The lowest BCUT2D eigenvalue weighted by Gasteiger charge is -2.36. The van der Waals surface area contributed by atoms with Crippen LogP contribution in [0.1, 0.15) is 25.7 Å². The largest absolute Gasteiger partial charge is 0.494 e. The predicted octanol–water partition coefficient (Wildman–Crippen LogP) is 3.90. The number of hydrogen-bond donors (Lipinski definition) is 1. The summed E-state index contributed by atoms with van der Waals surface area (Å²) < 4.78 is 17.1. The van der Waals surface area contributed by atoms with Gasteiger partial charge in [0, 0.05) is 29.4 Å². The van der Waals surface area contributed by atoms with Crippen LogP contribution in [0.2, 0.25) is 0 Å². The van der Waals surface area contributed by atoms with Gasteiger partial charge in [0.2, 0.25) is 0 Å². The molecule has 1 fully saturated rings. The molecule has 1 aliphatic rings. The van der Waals surface area contributed by atoms with Gasteiger partial charge in [-0.3, -0.25) is 0 Å². The summed E-state index contributed by atoms with van der Waals surface area (Å²) in [6.45, 7) is 5.64. The minimum Gasteiger partial charge on any atom is -0.494 e. The Balaban J connectivity index is 1.65. The molecular weight excluding hydrogens is 330 g/mol. The predicted molar refractivity (Wildman–Crippen MR) is 102 cm³/mol. The molecule has 0 radical (unpaired) electrons. The minimum absolute atomic E-state index is 0.0611. The summed E-state index contributed by atoms with van der Waals surface area (Å²) in [5, 5.41) is 9.39. The fourth-order valence-electron chi connectivity index (χ4n) is 2.86. The van der Waals surface area contributed by atoms with E-state index in [4.69, 9.17) is 14.2 Å². The maximum atomic E-state index is 9.39. The van der Waals surface area contributed by atoms with E-state index in [0.29, 0.717) is 19.8 Å². The van der Waals surface area contributed by atoms with Crippen molar-refractivity contribution in [1.29, 1.82) is 0 Å². The van der Waals surface area contributed by atoms with Crippen LogP contribution in [0.5, 0.6) is 5.75 Å². The molecule has 1 heterocycles. The van der Waals surface area contributed by atoms with E-state index in [2.05, 4.69) is 17.0 Å². The first kappa shape index (κ1) is 18.7. The molecule has 0 aromatic heterocycles. The smallest absolute Gasteiger partial charge is 0.183 e. The molecule has 0 spiro atoms. The zero-order chi connectivity index (χ0) is 18.6. The van der Waals surface area contributed by atoms with Crippen LogP contribution < -0.4 is 9.64 Å². The zero-order valence-corrected chi connectivity index (χ0v) is 15.6. The van der Waals surface area contributed by atoms with Gasteiger partial charge in [-0.25, -0.2) is 0 Å². The molecule has 2 aromatic carbocycles. The van der Waals surface area contributed by atoms with Crippen LogP contribution in [0, 0.1) is 5.41 Å². The number of anilines is 2. The Hall–Kier alpha value is -2.08. The van der Waals surface area contributed by atoms with E-state index in [1.165, 1.54) is 0 Å². The lowest BCUT2D eigenvalue weighted by atomic mass is 9.93. The molecule has 3 rings (SSSR count). The Morgan fingerprint density at radius 2 is 1.58 bits per heavy atom. The zero-order valence-electron chi connectivity index (χ0n) is 15.6. The molecule has 1 N–H and O–H groups in total. The van der Waals surface area contributed by atoms with Crippen LogP contribution in [-0.2, 0) is 9.47 Å². The van der Waals surface area contributed by atoms with E-state index in [-0.39, 0.29) is 18.3 Å². The highest BCUT2D eigenvalue weighted by molar-refractivity contribution is 5.63. The molecule has 0 aliphatic carbocycles. The van der Waals surface area contributed by atoms with Crippen LogP contribution >= 0.6 is 0 Å². The van der Waals surface area contributed by atoms with Gasteiger partial charge in [-0.1, -0.05) is 19.1 Å². The molecule has 0 atom stereocenters. The van der Waals surface area contributed by atoms with Crippen molar-refractivity contribution in [3.05, 3.63) is 54.1 Å². The van der Waals surface area contributed by atoms with Gasteiger partial charge in [0.15, 0.2) is 6.29 Å². The van der Waals surface area contributed by atoms with E-state index in [1.807, 2.05) is 57.3 Å². The standard InChI is InChI=1S/C21H27NO4/c1-4-24-19-11-9-18(10-12-19)22(3)17-7-5-16(6-8-17)20-25-14-21(2,13-23)15-26-20/h5-12,20,23H,4,13-15H2,1-3H3. The second-order valence-corrected chi connectivity index (χ2v) is 7.00. The highest BCUT2D eigenvalue weighted by Gasteiger charge is 2.32. The van der Waals surface area contributed by atoms with E-state index in [9.17, 15) is 5.11 Å². The van der Waals surface area contributed by atoms with Gasteiger partial charge < -0.3 is 24.2 Å². The van der Waals surface area contributed by atoms with Crippen molar-refractivity contribution in [2.45, 2.75) is 20.1 Å². The molecule has 0 saturated carbocycles. The number of aliphatic hydroxyl groups excluding tert-OH is 1. The second-order valence-electron chi connectivity index (χ2n) is 7.00. The number of benzene rings is 2. The van der Waals surface area contributed by atoms with Crippen LogP contribution in [0.3, 0.4) is 0 Å². The molecule has 1 saturated heterocycles. The van der Waals surface area contributed by atoms with Crippen molar-refractivity contribution in [2.75, 3.05) is 38.4 Å². The highest BCUT2D eigenvalue weighted by Crippen LogP contribution is 2.33. The van der Waals surface area contributed by atoms with Gasteiger partial charge in [-0.05, 0) is 43.3 Å². The quantitative estimate of drug-likeness (QED) is 0.850. The van der Waals surface area contributed by atoms with Crippen molar-refractivity contribution < 1.29 is 19.3 Å². The molecule has 0 bridgehead atoms. The lowest BCUT2D eigenvalue weighted by Crippen LogP contribution is -2.39. The molecule has 0 amide bonds. The molecule has 26 heavy (non-hydrogen) atoms. The first-order chi connectivity index (χ1) is 12.5. The fraction of sp³-hybridized carbons (Fsp3) is 0.429. The molecule has 0 unspecified atom stereocenters. The number of rotatable bonds is 6. The summed E-state index contributed by atoms with van der Waals surface area (Å²) in [6, 6.07) is 16.2. The third kappa shape index (κ3) is 4.18. The Kier molecular flexibility index (Phi) is 5.81. The van der Waals surface area contributed by atoms with Crippen molar-refractivity contribution in [3.8, 4) is 5.75 Å². The molecule has 5 heteroatoms. The maximum absolute atomic E-state index is 9.39. The number of nitrogens with zero attached hydrogens (tertiary/aromatic N) is 1. The summed E-state index contributed by atoms with van der Waals surface area (Å²) in [6.07, 6.45) is -0.376. The lowest BCUT2D eigenvalue weighted by molar-refractivity contribution is -0.236. The third-order valence-corrected chi connectivity index (χ3v) is 4.64. The number of ether oxygens (including phenoxy) is 3. The number of aliphatic hydroxyl groups is 1. The summed E-state index contributed by atoms with van der Waals surface area (Å²) in [5.74, 6) is 0.876. The Morgan fingerprint density at radius 1 is 1.04 bits per heavy atom. The number of hydrogen-bond acceptors (Lipinski definition) is 5. The molecule has 5 nitrogen and oxygen atoms in total. The monoisotopic (exact) mass is 357 g/mol. The molecule has 140 valence electrons. The Bertz CT molecular complexity index is 691. The van der Waals surface area contributed by atoms with Gasteiger partial charge in [-0.15, -0.1) is 0 Å². The summed E-state index contributed by atoms with van der Waals surface area (Å²) in [5.41, 5.74) is 2.83. The molecular formula is C21H27NO4. The first-order valence-electron chi connectivity index (χ1n) is 8.95. The van der Waals surface area contributed by atoms with Crippen LogP contribution in [0.25, 0.3) is 0 Å². The van der Waals surface area contributed by atoms with Crippen molar-refractivity contribution in [2.24, 2.45) is 5.41 Å². The van der Waals surface area contributed by atoms with Gasteiger partial charge in [-0.2, -0.15) is 0 Å². The van der Waals surface area contributed by atoms with Crippen LogP contribution in [-0.4, -0.2) is 38.6 Å². The first-order valence-corrected chi connectivity index (χ1v) is 8.95. The van der Waals surface area contributed by atoms with E-state index >= 15 is 0 Å².